The van der Waals surface area contributed by atoms with Gasteiger partial charge < -0.3 is 16.0 Å². The number of rotatable bonds is 6. The van der Waals surface area contributed by atoms with Crippen LogP contribution in [0.1, 0.15) is 29.7 Å². The van der Waals surface area contributed by atoms with Crippen LogP contribution in [0.2, 0.25) is 0 Å². The second kappa shape index (κ2) is 9.67. The minimum Gasteiger partial charge on any atom is -0.338 e. The Morgan fingerprint density at radius 1 is 1.03 bits per heavy atom. The van der Waals surface area contributed by atoms with Gasteiger partial charge in [-0.1, -0.05) is 55.0 Å². The van der Waals surface area contributed by atoms with Gasteiger partial charge in [-0.2, -0.15) is 0 Å². The number of piperazine rings is 1. The lowest BCUT2D eigenvalue weighted by atomic mass is 10.0. The van der Waals surface area contributed by atoms with Gasteiger partial charge in [-0.05, 0) is 30.5 Å². The minimum absolute atomic E-state index is 0.0259. The molecule has 1 saturated heterocycles. The summed E-state index contributed by atoms with van der Waals surface area (Å²) in [6, 6.07) is 15.0. The summed E-state index contributed by atoms with van der Waals surface area (Å²) < 4.78 is 0. The molecule has 2 aromatic carbocycles. The molecule has 1 atom stereocenters. The van der Waals surface area contributed by atoms with E-state index in [4.69, 9.17) is 5.73 Å². The van der Waals surface area contributed by atoms with Crippen molar-refractivity contribution in [3.05, 3.63) is 65.2 Å². The van der Waals surface area contributed by atoms with Crippen LogP contribution in [0.25, 0.3) is 0 Å². The third-order valence-electron chi connectivity index (χ3n) is 5.43. The molecule has 0 aliphatic carbocycles. The topological polar surface area (TPSA) is 78.7 Å². The summed E-state index contributed by atoms with van der Waals surface area (Å²) in [5.41, 5.74) is 10.1. The summed E-state index contributed by atoms with van der Waals surface area (Å²) >= 11 is 0. The van der Waals surface area contributed by atoms with Crippen LogP contribution in [0.4, 0.5) is 5.69 Å². The summed E-state index contributed by atoms with van der Waals surface area (Å²) in [5, 5.41) is 3.01. The van der Waals surface area contributed by atoms with Gasteiger partial charge in [-0.15, -0.1) is 0 Å². The van der Waals surface area contributed by atoms with E-state index in [9.17, 15) is 9.59 Å². The lowest BCUT2D eigenvalue weighted by Crippen LogP contribution is -2.52. The molecule has 1 unspecified atom stereocenters. The molecule has 0 spiro atoms. The molecule has 1 aliphatic rings. The van der Waals surface area contributed by atoms with Gasteiger partial charge in [0.2, 0.25) is 11.8 Å². The van der Waals surface area contributed by atoms with Crippen LogP contribution in [-0.2, 0) is 16.0 Å². The fourth-order valence-corrected chi connectivity index (χ4v) is 3.58. The molecule has 2 aromatic rings. The Balaban J connectivity index is 1.49. The molecule has 1 aliphatic heterocycles. The van der Waals surface area contributed by atoms with Crippen LogP contribution in [0, 0.1) is 6.92 Å². The van der Waals surface area contributed by atoms with Gasteiger partial charge in [0.05, 0.1) is 6.54 Å². The summed E-state index contributed by atoms with van der Waals surface area (Å²) in [6.45, 7) is 6.89. The first-order valence-corrected chi connectivity index (χ1v) is 10.2. The van der Waals surface area contributed by atoms with E-state index in [-0.39, 0.29) is 11.8 Å². The maximum atomic E-state index is 12.7. The molecular weight excluding hydrogens is 364 g/mol. The highest BCUT2D eigenvalue weighted by atomic mass is 16.2. The Morgan fingerprint density at radius 3 is 2.34 bits per heavy atom. The van der Waals surface area contributed by atoms with Crippen LogP contribution < -0.4 is 11.1 Å². The first-order valence-electron chi connectivity index (χ1n) is 10.2. The fraction of sp³-hybridized carbons (Fsp3) is 0.391. The zero-order valence-electron chi connectivity index (χ0n) is 17.2. The highest BCUT2D eigenvalue weighted by Gasteiger charge is 2.26. The Kier molecular flexibility index (Phi) is 7.01. The predicted molar refractivity (Wildman–Crippen MR) is 116 cm³/mol. The van der Waals surface area contributed by atoms with Crippen molar-refractivity contribution in [1.82, 2.24) is 9.80 Å². The molecule has 154 valence electrons. The Morgan fingerprint density at radius 2 is 1.69 bits per heavy atom. The van der Waals surface area contributed by atoms with E-state index in [0.717, 1.165) is 28.8 Å². The number of aryl methyl sites for hydroxylation is 2. The van der Waals surface area contributed by atoms with Gasteiger partial charge in [0.1, 0.15) is 6.04 Å². The third kappa shape index (κ3) is 5.43. The number of amides is 2. The Bertz CT molecular complexity index is 842. The van der Waals surface area contributed by atoms with Gasteiger partial charge in [0, 0.05) is 31.9 Å². The van der Waals surface area contributed by atoms with E-state index in [0.29, 0.717) is 32.7 Å². The van der Waals surface area contributed by atoms with E-state index in [1.165, 1.54) is 0 Å². The number of nitrogens with zero attached hydrogens (tertiary/aromatic N) is 2. The zero-order valence-corrected chi connectivity index (χ0v) is 17.2. The lowest BCUT2D eigenvalue weighted by molar-refractivity contribution is -0.134. The quantitative estimate of drug-likeness (QED) is 0.788. The largest absolute Gasteiger partial charge is 0.338 e. The van der Waals surface area contributed by atoms with Crippen molar-refractivity contribution >= 4 is 17.5 Å². The van der Waals surface area contributed by atoms with Gasteiger partial charge in [-0.3, -0.25) is 14.5 Å². The molecule has 6 nitrogen and oxygen atoms in total. The molecule has 6 heteroatoms. The fourth-order valence-electron chi connectivity index (χ4n) is 3.58. The average Bonchev–Trinajstić information content (AvgIpc) is 2.74. The molecule has 3 rings (SSSR count). The lowest BCUT2D eigenvalue weighted by Gasteiger charge is -2.35. The van der Waals surface area contributed by atoms with Gasteiger partial charge in [0.25, 0.3) is 0 Å². The number of carbonyl (C=O) groups excluding carboxylic acids is 2. The van der Waals surface area contributed by atoms with Gasteiger partial charge in [0.15, 0.2) is 0 Å². The van der Waals surface area contributed by atoms with E-state index in [1.54, 1.807) is 4.90 Å². The second-order valence-corrected chi connectivity index (χ2v) is 7.55. The maximum Gasteiger partial charge on any atom is 0.244 e. The average molecular weight is 395 g/mol. The first kappa shape index (κ1) is 21.0. The number of nitrogens with two attached hydrogens (primary N) is 1. The molecule has 0 radical (unpaired) electrons. The Hall–Kier alpha value is -2.70. The van der Waals surface area contributed by atoms with Crippen LogP contribution >= 0.6 is 0 Å². The molecule has 2 amide bonds. The number of hydrogen-bond donors (Lipinski definition) is 2. The van der Waals surface area contributed by atoms with E-state index in [2.05, 4.69) is 17.1 Å². The van der Waals surface area contributed by atoms with E-state index >= 15 is 0 Å². The normalized spacial score (nSPS) is 15.8. The van der Waals surface area contributed by atoms with E-state index < -0.39 is 6.04 Å². The first-order chi connectivity index (χ1) is 14.0. The SMILES string of the molecule is CCc1ccccc1NC(=O)CN1CCN(C(=O)C(N)c2ccc(C)cc2)CC1. The maximum absolute atomic E-state index is 12.7. The molecule has 1 fully saturated rings. The van der Waals surface area contributed by atoms with Crippen molar-refractivity contribution in [3.63, 3.8) is 0 Å². The standard InChI is InChI=1S/C23H30N4O2/c1-3-18-6-4-5-7-20(18)25-21(28)16-26-12-14-27(15-13-26)23(29)22(24)19-10-8-17(2)9-11-19/h4-11,22H,3,12-16,24H2,1-2H3,(H,25,28). The highest BCUT2D eigenvalue weighted by Crippen LogP contribution is 2.17. The zero-order chi connectivity index (χ0) is 20.8. The third-order valence-corrected chi connectivity index (χ3v) is 5.43. The van der Waals surface area contributed by atoms with Crippen molar-refractivity contribution < 1.29 is 9.59 Å². The van der Waals surface area contributed by atoms with E-state index in [1.807, 2.05) is 55.5 Å². The van der Waals surface area contributed by atoms with Crippen molar-refractivity contribution in [2.75, 3.05) is 38.0 Å². The highest BCUT2D eigenvalue weighted by molar-refractivity contribution is 5.93. The number of nitrogens with one attached hydrogen (secondary N) is 1. The smallest absolute Gasteiger partial charge is 0.244 e. The summed E-state index contributed by atoms with van der Waals surface area (Å²) in [4.78, 5) is 29.0. The number of benzene rings is 2. The Labute approximate surface area is 172 Å². The molecule has 1 heterocycles. The predicted octanol–water partition coefficient (Wildman–Crippen LogP) is 2.34. The summed E-state index contributed by atoms with van der Waals surface area (Å²) in [5.74, 6) is -0.0862. The van der Waals surface area contributed by atoms with Crippen molar-refractivity contribution in [2.24, 2.45) is 5.73 Å². The molecule has 0 bridgehead atoms. The number of para-hydroxylation sites is 1. The summed E-state index contributed by atoms with van der Waals surface area (Å²) in [7, 11) is 0. The number of anilines is 1. The van der Waals surface area contributed by atoms with Gasteiger partial charge in [-0.25, -0.2) is 0 Å². The van der Waals surface area contributed by atoms with Crippen molar-refractivity contribution in [3.8, 4) is 0 Å². The minimum atomic E-state index is -0.643. The van der Waals surface area contributed by atoms with Crippen LogP contribution in [-0.4, -0.2) is 54.3 Å². The number of hydrogen-bond acceptors (Lipinski definition) is 4. The van der Waals surface area contributed by atoms with Crippen molar-refractivity contribution in [1.29, 1.82) is 0 Å². The molecular formula is C23H30N4O2. The summed E-state index contributed by atoms with van der Waals surface area (Å²) in [6.07, 6.45) is 0.873. The number of carbonyl (C=O) groups is 2. The molecule has 0 saturated carbocycles. The van der Waals surface area contributed by atoms with Gasteiger partial charge >= 0.3 is 0 Å². The van der Waals surface area contributed by atoms with Crippen LogP contribution in [0.3, 0.4) is 0 Å². The molecule has 29 heavy (non-hydrogen) atoms. The van der Waals surface area contributed by atoms with Crippen molar-refractivity contribution in [2.45, 2.75) is 26.3 Å². The van der Waals surface area contributed by atoms with Crippen LogP contribution in [0.5, 0.6) is 0 Å². The van der Waals surface area contributed by atoms with Crippen LogP contribution in [0.15, 0.2) is 48.5 Å². The molecule has 0 aromatic heterocycles. The molecule has 3 N–H and O–H groups in total. The second-order valence-electron chi connectivity index (χ2n) is 7.55. The monoisotopic (exact) mass is 394 g/mol.